The van der Waals surface area contributed by atoms with Gasteiger partial charge in [0.15, 0.2) is 0 Å². The van der Waals surface area contributed by atoms with Crippen LogP contribution >= 0.6 is 0 Å². The molecule has 0 amide bonds. The van der Waals surface area contributed by atoms with Gasteiger partial charge >= 0.3 is 0 Å². The van der Waals surface area contributed by atoms with Crippen LogP contribution in [0.2, 0.25) is 0 Å². The third kappa shape index (κ3) is 3.08. The van der Waals surface area contributed by atoms with Gasteiger partial charge in [-0.25, -0.2) is 0 Å². The van der Waals surface area contributed by atoms with E-state index in [2.05, 4.69) is 58.2 Å². The first-order valence-electron chi connectivity index (χ1n) is 9.94. The van der Waals surface area contributed by atoms with Crippen LogP contribution in [0.25, 0.3) is 0 Å². The maximum atomic E-state index is 4.53. The molecule has 24 heavy (non-hydrogen) atoms. The highest BCUT2D eigenvalue weighted by Crippen LogP contribution is 2.48. The van der Waals surface area contributed by atoms with E-state index in [1.165, 1.54) is 31.5 Å². The summed E-state index contributed by atoms with van der Waals surface area (Å²) in [6.07, 6.45) is 5.92. The van der Waals surface area contributed by atoms with Crippen molar-refractivity contribution in [3.8, 4) is 0 Å². The molecule has 2 unspecified atom stereocenters. The molecule has 132 valence electrons. The Bertz CT molecular complexity index is 627. The smallest absolute Gasteiger partial charge is 0.0388 e. The number of piperidine rings is 1. The highest BCUT2D eigenvalue weighted by molar-refractivity contribution is 5.43. The Labute approximate surface area is 149 Å². The summed E-state index contributed by atoms with van der Waals surface area (Å²) < 4.78 is 0. The number of aryl methyl sites for hydroxylation is 2. The summed E-state index contributed by atoms with van der Waals surface area (Å²) in [6.45, 7) is 18.6. The zero-order valence-electron chi connectivity index (χ0n) is 16.4. The van der Waals surface area contributed by atoms with Crippen molar-refractivity contribution in [2.45, 2.75) is 72.8 Å². The van der Waals surface area contributed by atoms with E-state index in [1.807, 2.05) is 0 Å². The highest BCUT2D eigenvalue weighted by atomic mass is 15.2. The first-order chi connectivity index (χ1) is 11.4. The molecule has 2 atom stereocenters. The minimum absolute atomic E-state index is 0.291. The summed E-state index contributed by atoms with van der Waals surface area (Å²) in [5.74, 6) is 0.735. The van der Waals surface area contributed by atoms with E-state index in [0.29, 0.717) is 11.5 Å². The van der Waals surface area contributed by atoms with Gasteiger partial charge in [0, 0.05) is 24.5 Å². The van der Waals surface area contributed by atoms with Crippen molar-refractivity contribution in [3.05, 3.63) is 46.5 Å². The molecule has 0 bridgehead atoms. The lowest BCUT2D eigenvalue weighted by Gasteiger charge is -2.50. The van der Waals surface area contributed by atoms with E-state index in [-0.39, 0.29) is 0 Å². The maximum absolute atomic E-state index is 4.53. The van der Waals surface area contributed by atoms with Crippen molar-refractivity contribution in [1.82, 2.24) is 4.90 Å². The van der Waals surface area contributed by atoms with Gasteiger partial charge in [0.25, 0.3) is 0 Å². The third-order valence-electron chi connectivity index (χ3n) is 6.40. The molecule has 2 aliphatic heterocycles. The lowest BCUT2D eigenvalue weighted by molar-refractivity contribution is 0.0766. The quantitative estimate of drug-likeness (QED) is 0.640. The van der Waals surface area contributed by atoms with Crippen molar-refractivity contribution in [2.24, 2.45) is 11.3 Å². The van der Waals surface area contributed by atoms with Crippen molar-refractivity contribution in [3.63, 3.8) is 0 Å². The summed E-state index contributed by atoms with van der Waals surface area (Å²) in [6, 6.07) is 5.61. The average molecular weight is 326 g/mol. The summed E-state index contributed by atoms with van der Waals surface area (Å²) in [5, 5.41) is 0. The van der Waals surface area contributed by atoms with Gasteiger partial charge in [-0.3, -0.25) is 4.90 Å². The van der Waals surface area contributed by atoms with Crippen LogP contribution in [0.3, 0.4) is 0 Å². The van der Waals surface area contributed by atoms with Crippen LogP contribution in [0.15, 0.2) is 24.3 Å². The fourth-order valence-corrected chi connectivity index (χ4v) is 5.14. The molecule has 0 aliphatic carbocycles. The van der Waals surface area contributed by atoms with Crippen LogP contribution in [0.1, 0.15) is 75.8 Å². The molecule has 0 spiro atoms. The standard InChI is InChI=1S/C23H35N/c1-7-18-12-20-9-10-24-15-23(6,14-16(3)4)17(5)11-22(24)21(20)13-19(18)8-2/h12-13,16,22H,5,7-11,14-15H2,1-4,6H3. The first-order valence-corrected chi connectivity index (χ1v) is 9.94. The second kappa shape index (κ2) is 6.67. The van der Waals surface area contributed by atoms with E-state index in [9.17, 15) is 0 Å². The number of hydrogen-bond donors (Lipinski definition) is 0. The molecule has 1 fully saturated rings. The predicted molar refractivity (Wildman–Crippen MR) is 105 cm³/mol. The fraction of sp³-hybridized carbons (Fsp3) is 0.652. The highest BCUT2D eigenvalue weighted by Gasteiger charge is 2.41. The second-order valence-electron chi connectivity index (χ2n) is 8.73. The molecule has 0 N–H and O–H groups in total. The molecular formula is C23H35N. The van der Waals surface area contributed by atoms with Gasteiger partial charge in [0.05, 0.1) is 0 Å². The molecule has 3 rings (SSSR count). The zero-order valence-corrected chi connectivity index (χ0v) is 16.4. The topological polar surface area (TPSA) is 3.24 Å². The number of nitrogens with zero attached hydrogens (tertiary/aromatic N) is 1. The van der Waals surface area contributed by atoms with Crippen LogP contribution in [0.4, 0.5) is 0 Å². The fourth-order valence-electron chi connectivity index (χ4n) is 5.14. The van der Waals surface area contributed by atoms with Crippen LogP contribution in [0, 0.1) is 11.3 Å². The number of benzene rings is 1. The van der Waals surface area contributed by atoms with E-state index in [0.717, 1.165) is 25.2 Å². The Morgan fingerprint density at radius 1 is 1.21 bits per heavy atom. The Balaban J connectivity index is 1.93. The lowest BCUT2D eigenvalue weighted by atomic mass is 9.68. The molecule has 1 aromatic carbocycles. The SMILES string of the molecule is C=C1CC2c3cc(CC)c(CC)cc3CCN2CC1(C)CC(C)C. The Kier molecular flexibility index (Phi) is 4.93. The summed E-state index contributed by atoms with van der Waals surface area (Å²) in [5.41, 5.74) is 8.08. The van der Waals surface area contributed by atoms with Gasteiger partial charge in [0.1, 0.15) is 0 Å². The minimum atomic E-state index is 0.291. The van der Waals surface area contributed by atoms with Crippen molar-refractivity contribution >= 4 is 0 Å². The summed E-state index contributed by atoms with van der Waals surface area (Å²) in [4.78, 5) is 2.75. The normalized spacial score (nSPS) is 27.2. The third-order valence-corrected chi connectivity index (χ3v) is 6.40. The molecule has 2 heterocycles. The molecular weight excluding hydrogens is 290 g/mol. The number of rotatable bonds is 4. The number of hydrogen-bond acceptors (Lipinski definition) is 1. The van der Waals surface area contributed by atoms with Gasteiger partial charge in [-0.05, 0) is 60.3 Å². The Morgan fingerprint density at radius 2 is 1.88 bits per heavy atom. The number of fused-ring (bicyclic) bond motifs is 3. The van der Waals surface area contributed by atoms with E-state index < -0.39 is 0 Å². The van der Waals surface area contributed by atoms with Gasteiger partial charge < -0.3 is 0 Å². The van der Waals surface area contributed by atoms with Crippen LogP contribution in [0.5, 0.6) is 0 Å². The van der Waals surface area contributed by atoms with E-state index >= 15 is 0 Å². The molecule has 1 aromatic rings. The maximum Gasteiger partial charge on any atom is 0.0388 e. The molecule has 0 saturated carbocycles. The van der Waals surface area contributed by atoms with Crippen molar-refractivity contribution in [1.29, 1.82) is 0 Å². The minimum Gasteiger partial charge on any atom is -0.295 e. The largest absolute Gasteiger partial charge is 0.295 e. The first kappa shape index (κ1) is 17.7. The van der Waals surface area contributed by atoms with Gasteiger partial charge in [0.2, 0.25) is 0 Å². The van der Waals surface area contributed by atoms with E-state index in [1.54, 1.807) is 22.3 Å². The zero-order chi connectivity index (χ0) is 17.5. The predicted octanol–water partition coefficient (Wildman–Crippen LogP) is 5.72. The molecule has 0 radical (unpaired) electrons. The lowest BCUT2D eigenvalue weighted by Crippen LogP contribution is -2.48. The monoisotopic (exact) mass is 325 g/mol. The van der Waals surface area contributed by atoms with Gasteiger partial charge in [-0.15, -0.1) is 0 Å². The van der Waals surface area contributed by atoms with Gasteiger partial charge in [-0.1, -0.05) is 58.9 Å². The van der Waals surface area contributed by atoms with Crippen LogP contribution in [-0.2, 0) is 19.3 Å². The molecule has 1 heteroatoms. The van der Waals surface area contributed by atoms with E-state index in [4.69, 9.17) is 0 Å². The molecule has 0 aromatic heterocycles. The van der Waals surface area contributed by atoms with Gasteiger partial charge in [-0.2, -0.15) is 0 Å². The van der Waals surface area contributed by atoms with Crippen molar-refractivity contribution < 1.29 is 0 Å². The second-order valence-corrected chi connectivity index (χ2v) is 8.73. The Hall–Kier alpha value is -1.08. The molecule has 2 aliphatic rings. The molecule has 1 nitrogen and oxygen atoms in total. The van der Waals surface area contributed by atoms with Crippen LogP contribution in [-0.4, -0.2) is 18.0 Å². The molecule has 1 saturated heterocycles. The Morgan fingerprint density at radius 3 is 2.50 bits per heavy atom. The summed E-state index contributed by atoms with van der Waals surface area (Å²) >= 11 is 0. The summed E-state index contributed by atoms with van der Waals surface area (Å²) in [7, 11) is 0. The average Bonchev–Trinajstić information content (AvgIpc) is 2.54. The van der Waals surface area contributed by atoms with Crippen molar-refractivity contribution in [2.75, 3.05) is 13.1 Å². The van der Waals surface area contributed by atoms with Crippen LogP contribution < -0.4 is 0 Å².